The molecule has 36 heavy (non-hydrogen) atoms. The number of anilines is 1. The van der Waals surface area contributed by atoms with Crippen molar-refractivity contribution in [3.8, 4) is 34.1 Å². The van der Waals surface area contributed by atoms with E-state index in [0.717, 1.165) is 60.4 Å². The Hall–Kier alpha value is -3.38. The van der Waals surface area contributed by atoms with Crippen LogP contribution in [0.1, 0.15) is 42.0 Å². The van der Waals surface area contributed by atoms with Crippen LogP contribution in [-0.4, -0.2) is 51.0 Å². The average Bonchev–Trinajstić information content (AvgIpc) is 2.90. The first-order valence-corrected chi connectivity index (χ1v) is 12.7. The molecular weight excluding hydrogens is 452 g/mol. The van der Waals surface area contributed by atoms with Crippen molar-refractivity contribution in [2.45, 2.75) is 39.0 Å². The summed E-state index contributed by atoms with van der Waals surface area (Å²) < 4.78 is 17.4. The van der Waals surface area contributed by atoms with Gasteiger partial charge in [-0.2, -0.15) is 0 Å². The van der Waals surface area contributed by atoms with Gasteiger partial charge in [-0.05, 0) is 80.2 Å². The molecule has 0 bridgehead atoms. The second kappa shape index (κ2) is 11.6. The molecule has 6 heteroatoms. The van der Waals surface area contributed by atoms with Crippen molar-refractivity contribution in [1.82, 2.24) is 4.90 Å². The number of phenolic OH excluding ortho intramolecular Hbond substituents is 1. The maximum atomic E-state index is 10.9. The molecule has 0 saturated carbocycles. The van der Waals surface area contributed by atoms with Gasteiger partial charge in [0.1, 0.15) is 18.1 Å². The van der Waals surface area contributed by atoms with E-state index >= 15 is 0 Å². The number of aryl methyl sites for hydroxylation is 1. The van der Waals surface area contributed by atoms with Crippen LogP contribution in [0, 0.1) is 0 Å². The van der Waals surface area contributed by atoms with Crippen LogP contribution in [0.15, 0.2) is 42.5 Å². The lowest BCUT2D eigenvalue weighted by molar-refractivity contribution is 0.244. The van der Waals surface area contributed by atoms with Crippen LogP contribution in [0.5, 0.6) is 23.0 Å². The first-order valence-electron chi connectivity index (χ1n) is 12.7. The van der Waals surface area contributed by atoms with Crippen molar-refractivity contribution in [3.05, 3.63) is 64.7 Å². The van der Waals surface area contributed by atoms with Gasteiger partial charge in [0.25, 0.3) is 0 Å². The summed E-state index contributed by atoms with van der Waals surface area (Å²) in [6.07, 6.45) is 4.78. The van der Waals surface area contributed by atoms with Crippen LogP contribution in [0.4, 0.5) is 5.69 Å². The molecule has 6 nitrogen and oxygen atoms in total. The number of methoxy groups -OCH3 is 2. The summed E-state index contributed by atoms with van der Waals surface area (Å²) in [6, 6.07) is 13.8. The Morgan fingerprint density at radius 1 is 1.00 bits per heavy atom. The van der Waals surface area contributed by atoms with E-state index in [1.54, 1.807) is 20.3 Å². The van der Waals surface area contributed by atoms with Crippen LogP contribution in [0.2, 0.25) is 0 Å². The van der Waals surface area contributed by atoms with E-state index in [2.05, 4.69) is 31.0 Å². The Balaban J connectivity index is 1.69. The molecule has 1 aliphatic carbocycles. The van der Waals surface area contributed by atoms with Crippen LogP contribution in [0.25, 0.3) is 11.1 Å². The van der Waals surface area contributed by atoms with E-state index in [4.69, 9.17) is 19.9 Å². The normalized spacial score (nSPS) is 12.9. The lowest BCUT2D eigenvalue weighted by Crippen LogP contribution is -2.23. The minimum atomic E-state index is 0.246. The van der Waals surface area contributed by atoms with Gasteiger partial charge in [-0.25, -0.2) is 0 Å². The maximum Gasteiger partial charge on any atom is 0.166 e. The molecule has 3 aromatic carbocycles. The smallest absolute Gasteiger partial charge is 0.166 e. The molecule has 0 fully saturated rings. The standard InChI is InChI=1S/C30H38N2O4/c1-5-32(2)16-17-36-22-13-10-20(11-14-22)18-25-29(31)24(19-27(34-3)30(25)35-4)28-23-9-7-6-8-21(23)12-15-26(28)33/h10-15,19,33H,5-9,16-18,31H2,1-4H3. The summed E-state index contributed by atoms with van der Waals surface area (Å²) in [7, 11) is 5.34. The highest BCUT2D eigenvalue weighted by Gasteiger charge is 2.24. The number of rotatable bonds is 10. The minimum absolute atomic E-state index is 0.246. The number of nitrogens with two attached hydrogens (primary N) is 1. The summed E-state index contributed by atoms with van der Waals surface area (Å²) >= 11 is 0. The van der Waals surface area contributed by atoms with Crippen molar-refractivity contribution in [3.63, 3.8) is 0 Å². The molecule has 3 aromatic rings. The van der Waals surface area contributed by atoms with Gasteiger partial charge in [0.05, 0.1) is 14.2 Å². The van der Waals surface area contributed by atoms with Crippen molar-refractivity contribution >= 4 is 5.69 Å². The molecule has 4 rings (SSSR count). The number of phenols is 1. The van der Waals surface area contributed by atoms with Crippen molar-refractivity contribution in [1.29, 1.82) is 0 Å². The predicted molar refractivity (Wildman–Crippen MR) is 146 cm³/mol. The summed E-state index contributed by atoms with van der Waals surface area (Å²) in [5, 5.41) is 10.9. The van der Waals surface area contributed by atoms with Gasteiger partial charge in [-0.1, -0.05) is 25.1 Å². The SMILES string of the molecule is CCN(C)CCOc1ccc(Cc2c(N)c(-c3c(O)ccc4c3CCCC4)cc(OC)c2OC)cc1. The molecule has 0 aliphatic heterocycles. The van der Waals surface area contributed by atoms with Gasteiger partial charge in [0, 0.05) is 35.3 Å². The van der Waals surface area contributed by atoms with Gasteiger partial charge in [-0.3, -0.25) is 0 Å². The third-order valence-corrected chi connectivity index (χ3v) is 7.18. The fourth-order valence-electron chi connectivity index (χ4n) is 4.97. The topological polar surface area (TPSA) is 77.2 Å². The average molecular weight is 491 g/mol. The number of nitrogens with zero attached hydrogens (tertiary/aromatic N) is 1. The zero-order chi connectivity index (χ0) is 25.7. The fourth-order valence-corrected chi connectivity index (χ4v) is 4.97. The highest BCUT2D eigenvalue weighted by molar-refractivity contribution is 5.88. The van der Waals surface area contributed by atoms with Crippen LogP contribution >= 0.6 is 0 Å². The summed E-state index contributed by atoms with van der Waals surface area (Å²) in [4.78, 5) is 2.21. The largest absolute Gasteiger partial charge is 0.507 e. The Morgan fingerprint density at radius 2 is 1.75 bits per heavy atom. The van der Waals surface area contributed by atoms with Gasteiger partial charge in [0.15, 0.2) is 11.5 Å². The molecule has 0 amide bonds. The van der Waals surface area contributed by atoms with Gasteiger partial charge in [-0.15, -0.1) is 0 Å². The van der Waals surface area contributed by atoms with E-state index in [1.807, 2.05) is 24.3 Å². The number of likely N-dealkylation sites (N-methyl/N-ethyl adjacent to an activating group) is 1. The molecule has 0 aromatic heterocycles. The fraction of sp³-hybridized carbons (Fsp3) is 0.400. The van der Waals surface area contributed by atoms with Crippen molar-refractivity contribution in [2.75, 3.05) is 46.7 Å². The summed E-state index contributed by atoms with van der Waals surface area (Å²) in [5.74, 6) is 2.31. The lowest BCUT2D eigenvalue weighted by Gasteiger charge is -2.24. The second-order valence-electron chi connectivity index (χ2n) is 9.42. The predicted octanol–water partition coefficient (Wildman–Crippen LogP) is 5.46. The molecular formula is C30H38N2O4. The summed E-state index contributed by atoms with van der Waals surface area (Å²) in [6.45, 7) is 4.66. The first kappa shape index (κ1) is 25.7. The van der Waals surface area contributed by atoms with E-state index in [1.165, 1.54) is 17.5 Å². The number of hydrogen-bond donors (Lipinski definition) is 2. The highest BCUT2D eigenvalue weighted by atomic mass is 16.5. The number of benzene rings is 3. The van der Waals surface area contributed by atoms with Gasteiger partial charge in [0.2, 0.25) is 0 Å². The second-order valence-corrected chi connectivity index (χ2v) is 9.42. The van der Waals surface area contributed by atoms with Gasteiger partial charge < -0.3 is 30.0 Å². The quantitative estimate of drug-likeness (QED) is 0.368. The molecule has 192 valence electrons. The van der Waals surface area contributed by atoms with Crippen LogP contribution in [0.3, 0.4) is 0 Å². The molecule has 3 N–H and O–H groups in total. The molecule has 0 spiro atoms. The van der Waals surface area contributed by atoms with E-state index < -0.39 is 0 Å². The monoisotopic (exact) mass is 490 g/mol. The van der Waals surface area contributed by atoms with Crippen LogP contribution in [-0.2, 0) is 19.3 Å². The third-order valence-electron chi connectivity index (χ3n) is 7.18. The van der Waals surface area contributed by atoms with E-state index in [9.17, 15) is 5.11 Å². The van der Waals surface area contributed by atoms with Crippen molar-refractivity contribution in [2.24, 2.45) is 0 Å². The molecule has 0 heterocycles. The maximum absolute atomic E-state index is 10.9. The molecule has 0 saturated heterocycles. The molecule has 0 atom stereocenters. The Labute approximate surface area is 214 Å². The van der Waals surface area contributed by atoms with E-state index in [0.29, 0.717) is 30.2 Å². The number of aromatic hydroxyl groups is 1. The van der Waals surface area contributed by atoms with Crippen molar-refractivity contribution < 1.29 is 19.3 Å². The lowest BCUT2D eigenvalue weighted by atomic mass is 9.84. The third kappa shape index (κ3) is 5.39. The number of fused-ring (bicyclic) bond motifs is 1. The zero-order valence-corrected chi connectivity index (χ0v) is 21.9. The van der Waals surface area contributed by atoms with Crippen LogP contribution < -0.4 is 19.9 Å². The zero-order valence-electron chi connectivity index (χ0n) is 21.9. The first-order chi connectivity index (χ1) is 17.5. The summed E-state index contributed by atoms with van der Waals surface area (Å²) in [5.41, 5.74) is 13.4. The van der Waals surface area contributed by atoms with Gasteiger partial charge >= 0.3 is 0 Å². The van der Waals surface area contributed by atoms with E-state index in [-0.39, 0.29) is 5.75 Å². The Bertz CT molecular complexity index is 1190. The minimum Gasteiger partial charge on any atom is -0.507 e. The molecule has 0 unspecified atom stereocenters. The Kier molecular flexibility index (Phi) is 8.26. The number of hydrogen-bond acceptors (Lipinski definition) is 6. The molecule has 0 radical (unpaired) electrons. The number of nitrogen functional groups attached to an aromatic ring is 1. The number of ether oxygens (including phenoxy) is 3. The highest BCUT2D eigenvalue weighted by Crippen LogP contribution is 2.47. The molecule has 1 aliphatic rings. The Morgan fingerprint density at radius 3 is 2.44 bits per heavy atom.